The van der Waals surface area contributed by atoms with Gasteiger partial charge in [-0.25, -0.2) is 13.1 Å². The van der Waals surface area contributed by atoms with E-state index >= 15 is 0 Å². The zero-order chi connectivity index (χ0) is 14.8. The second kappa shape index (κ2) is 6.11. The van der Waals surface area contributed by atoms with E-state index in [4.69, 9.17) is 11.6 Å². The molecular weight excluding hydrogens is 300 g/mol. The van der Waals surface area contributed by atoms with E-state index < -0.39 is 10.0 Å². The van der Waals surface area contributed by atoms with Crippen LogP contribution in [0.2, 0.25) is 0 Å². The smallest absolute Gasteiger partial charge is 0.240 e. The minimum Gasteiger partial charge on any atom is -0.326 e. The highest BCUT2D eigenvalue weighted by Gasteiger charge is 2.30. The van der Waals surface area contributed by atoms with Gasteiger partial charge in [0.1, 0.15) is 0 Å². The molecule has 2 rings (SSSR count). The minimum atomic E-state index is -3.55. The van der Waals surface area contributed by atoms with Crippen LogP contribution in [0, 0.1) is 5.92 Å². The third-order valence-corrected chi connectivity index (χ3v) is 5.04. The molecule has 1 aromatic carbocycles. The fourth-order valence-corrected chi connectivity index (χ4v) is 3.30. The first-order valence-corrected chi connectivity index (χ1v) is 8.32. The van der Waals surface area contributed by atoms with Crippen molar-refractivity contribution < 1.29 is 13.2 Å². The van der Waals surface area contributed by atoms with Gasteiger partial charge in [-0.15, -0.1) is 11.6 Å². The number of carbonyl (C=O) groups excluding carboxylic acids is 1. The second-order valence-electron chi connectivity index (χ2n) is 4.91. The molecule has 0 saturated heterocycles. The van der Waals surface area contributed by atoms with Gasteiger partial charge < -0.3 is 5.32 Å². The van der Waals surface area contributed by atoms with Crippen molar-refractivity contribution in [2.45, 2.75) is 30.0 Å². The van der Waals surface area contributed by atoms with Crippen molar-refractivity contribution in [2.24, 2.45) is 5.92 Å². The van der Waals surface area contributed by atoms with Crippen LogP contribution in [-0.2, 0) is 14.8 Å². The Labute approximate surface area is 123 Å². The molecule has 7 heteroatoms. The lowest BCUT2D eigenvalue weighted by atomic mass is 10.3. The van der Waals surface area contributed by atoms with Gasteiger partial charge in [-0.3, -0.25) is 4.79 Å². The lowest BCUT2D eigenvalue weighted by molar-refractivity contribution is -0.114. The van der Waals surface area contributed by atoms with E-state index in [1.54, 1.807) is 12.1 Å². The molecule has 0 radical (unpaired) electrons. The molecule has 0 aliphatic heterocycles. The molecule has 0 heterocycles. The second-order valence-corrected chi connectivity index (χ2v) is 7.24. The fourth-order valence-electron chi connectivity index (χ4n) is 1.82. The number of anilines is 1. The number of alkyl halides is 1. The normalized spacial score (nSPS) is 16.7. The first-order chi connectivity index (χ1) is 9.38. The highest BCUT2D eigenvalue weighted by Crippen LogP contribution is 2.35. The summed E-state index contributed by atoms with van der Waals surface area (Å²) in [5, 5.41) is 2.43. The molecule has 20 heavy (non-hydrogen) atoms. The average molecular weight is 317 g/mol. The maximum Gasteiger partial charge on any atom is 0.240 e. The number of rotatable bonds is 6. The molecule has 1 saturated carbocycles. The van der Waals surface area contributed by atoms with Crippen LogP contribution in [0.3, 0.4) is 0 Å². The number of nitrogens with one attached hydrogen (secondary N) is 2. The Morgan fingerprint density at radius 3 is 2.45 bits per heavy atom. The lowest BCUT2D eigenvalue weighted by Crippen LogP contribution is -2.30. The Balaban J connectivity index is 1.99. The van der Waals surface area contributed by atoms with Gasteiger partial charge in [0.15, 0.2) is 0 Å². The van der Waals surface area contributed by atoms with Crippen molar-refractivity contribution in [3.63, 3.8) is 0 Å². The summed E-state index contributed by atoms with van der Waals surface area (Å²) in [5.41, 5.74) is 0.560. The molecule has 1 fully saturated rings. The molecule has 0 bridgehead atoms. The van der Waals surface area contributed by atoms with Gasteiger partial charge in [-0.05, 0) is 43.0 Å². The van der Waals surface area contributed by atoms with Crippen LogP contribution in [0.25, 0.3) is 0 Å². The van der Waals surface area contributed by atoms with E-state index in [2.05, 4.69) is 10.0 Å². The summed E-state index contributed by atoms with van der Waals surface area (Å²) in [4.78, 5) is 11.0. The quantitative estimate of drug-likeness (QED) is 0.788. The van der Waals surface area contributed by atoms with Crippen LogP contribution in [0.5, 0.6) is 0 Å². The summed E-state index contributed by atoms with van der Waals surface area (Å²) >= 11 is 6.08. The number of hydrogen-bond acceptors (Lipinski definition) is 3. The van der Waals surface area contributed by atoms with E-state index in [9.17, 15) is 13.2 Å². The summed E-state index contributed by atoms with van der Waals surface area (Å²) in [5.74, 6) is 0.231. The van der Waals surface area contributed by atoms with E-state index in [1.807, 2.05) is 0 Å². The molecule has 1 unspecified atom stereocenters. The largest absolute Gasteiger partial charge is 0.326 e. The summed E-state index contributed by atoms with van der Waals surface area (Å²) in [6.07, 6.45) is 2.14. The Morgan fingerprint density at radius 1 is 1.35 bits per heavy atom. The standard InChI is InChI=1S/C13H17ClN2O3S/c1-9(17)16-11-4-6-12(7-5-11)20(18,19)15-8-13(14)10-2-3-10/h4-7,10,13,15H,2-3,8H2,1H3,(H,16,17). The maximum absolute atomic E-state index is 12.1. The van der Waals surface area contributed by atoms with Gasteiger partial charge in [0.2, 0.25) is 15.9 Å². The summed E-state index contributed by atoms with van der Waals surface area (Å²) in [6.45, 7) is 1.63. The fraction of sp³-hybridized carbons (Fsp3) is 0.462. The van der Waals surface area contributed by atoms with Crippen molar-refractivity contribution >= 4 is 33.2 Å². The zero-order valence-electron chi connectivity index (χ0n) is 11.1. The van der Waals surface area contributed by atoms with Crippen LogP contribution in [0.4, 0.5) is 5.69 Å². The summed E-state index contributed by atoms with van der Waals surface area (Å²) in [6, 6.07) is 6.01. The Bertz CT molecular complexity index is 582. The predicted molar refractivity (Wildman–Crippen MR) is 78.3 cm³/mol. The van der Waals surface area contributed by atoms with Crippen LogP contribution in [0.15, 0.2) is 29.2 Å². The van der Waals surface area contributed by atoms with Crippen LogP contribution < -0.4 is 10.0 Å². The van der Waals surface area contributed by atoms with Crippen molar-refractivity contribution in [3.05, 3.63) is 24.3 Å². The third kappa shape index (κ3) is 4.19. The van der Waals surface area contributed by atoms with Gasteiger partial charge in [0, 0.05) is 24.5 Å². The Hall–Kier alpha value is -1.11. The number of sulfonamides is 1. The number of benzene rings is 1. The average Bonchev–Trinajstić information content (AvgIpc) is 3.20. The number of halogens is 1. The Morgan fingerprint density at radius 2 is 1.95 bits per heavy atom. The molecule has 1 amide bonds. The van der Waals surface area contributed by atoms with Crippen molar-refractivity contribution in [2.75, 3.05) is 11.9 Å². The number of carbonyl (C=O) groups is 1. The number of hydrogen-bond donors (Lipinski definition) is 2. The van der Waals surface area contributed by atoms with Gasteiger partial charge in [0.25, 0.3) is 0 Å². The summed E-state index contributed by atoms with van der Waals surface area (Å²) < 4.78 is 26.6. The molecule has 1 aromatic rings. The lowest BCUT2D eigenvalue weighted by Gasteiger charge is -2.11. The first kappa shape index (κ1) is 15.3. The molecule has 1 aliphatic carbocycles. The van der Waals surface area contributed by atoms with E-state index in [-0.39, 0.29) is 22.7 Å². The maximum atomic E-state index is 12.1. The van der Waals surface area contributed by atoms with Gasteiger partial charge in [-0.1, -0.05) is 0 Å². The SMILES string of the molecule is CC(=O)Nc1ccc(S(=O)(=O)NCC(Cl)C2CC2)cc1. The molecule has 0 spiro atoms. The third-order valence-electron chi connectivity index (χ3n) is 3.09. The molecular formula is C13H17ClN2O3S. The van der Waals surface area contributed by atoms with Gasteiger partial charge in [-0.2, -0.15) is 0 Å². The zero-order valence-corrected chi connectivity index (χ0v) is 12.7. The minimum absolute atomic E-state index is 0.150. The predicted octanol–water partition coefficient (Wildman–Crippen LogP) is 1.94. The first-order valence-electron chi connectivity index (χ1n) is 6.40. The highest BCUT2D eigenvalue weighted by molar-refractivity contribution is 7.89. The summed E-state index contributed by atoms with van der Waals surface area (Å²) in [7, 11) is -3.55. The molecule has 0 aromatic heterocycles. The van der Waals surface area contributed by atoms with E-state index in [0.717, 1.165) is 12.8 Å². The van der Waals surface area contributed by atoms with Crippen molar-refractivity contribution in [1.82, 2.24) is 4.72 Å². The van der Waals surface area contributed by atoms with E-state index in [0.29, 0.717) is 11.6 Å². The van der Waals surface area contributed by atoms with Crippen LogP contribution in [-0.4, -0.2) is 26.2 Å². The molecule has 1 aliphatic rings. The topological polar surface area (TPSA) is 75.3 Å². The number of amides is 1. The van der Waals surface area contributed by atoms with Crippen LogP contribution in [0.1, 0.15) is 19.8 Å². The highest BCUT2D eigenvalue weighted by atomic mass is 35.5. The molecule has 1 atom stereocenters. The monoisotopic (exact) mass is 316 g/mol. The van der Waals surface area contributed by atoms with Gasteiger partial charge in [0.05, 0.1) is 4.90 Å². The molecule has 2 N–H and O–H groups in total. The van der Waals surface area contributed by atoms with Crippen molar-refractivity contribution in [3.8, 4) is 0 Å². The molecule has 5 nitrogen and oxygen atoms in total. The Kier molecular flexibility index (Phi) is 4.67. The van der Waals surface area contributed by atoms with E-state index in [1.165, 1.54) is 19.1 Å². The molecule has 110 valence electrons. The van der Waals surface area contributed by atoms with Crippen molar-refractivity contribution in [1.29, 1.82) is 0 Å². The van der Waals surface area contributed by atoms with Crippen LogP contribution >= 0.6 is 11.6 Å². The van der Waals surface area contributed by atoms with Gasteiger partial charge >= 0.3 is 0 Å².